The van der Waals surface area contributed by atoms with Crippen LogP contribution in [0.25, 0.3) is 5.69 Å². The van der Waals surface area contributed by atoms with Crippen LogP contribution >= 0.6 is 11.6 Å². The van der Waals surface area contributed by atoms with E-state index in [9.17, 15) is 9.59 Å². The molecule has 2 heterocycles. The summed E-state index contributed by atoms with van der Waals surface area (Å²) >= 11 is 6.43. The molecule has 7 nitrogen and oxygen atoms in total. The Morgan fingerprint density at radius 1 is 1.00 bits per heavy atom. The van der Waals surface area contributed by atoms with Crippen molar-refractivity contribution in [3.63, 3.8) is 0 Å². The molecule has 1 aliphatic rings. The number of hydrogen-bond donors (Lipinski definition) is 0. The highest BCUT2D eigenvalue weighted by Crippen LogP contribution is 2.23. The van der Waals surface area contributed by atoms with Crippen LogP contribution < -0.4 is 10.5 Å². The zero-order valence-electron chi connectivity index (χ0n) is 18.0. The molecule has 4 rings (SSSR count). The molecule has 3 aromatic rings. The third-order valence-electron chi connectivity index (χ3n) is 5.66. The molecule has 0 N–H and O–H groups in total. The minimum Gasteiger partial charge on any atom is -0.366 e. The second-order valence-electron chi connectivity index (χ2n) is 7.89. The summed E-state index contributed by atoms with van der Waals surface area (Å²) in [6, 6.07) is 19.2. The molecule has 32 heavy (non-hydrogen) atoms. The lowest BCUT2D eigenvalue weighted by atomic mass is 10.2. The fraction of sp³-hybridized carbons (Fsp3) is 0.292. The van der Waals surface area contributed by atoms with E-state index in [1.807, 2.05) is 67.7 Å². The van der Waals surface area contributed by atoms with Crippen LogP contribution in [0.3, 0.4) is 0 Å². The SMILES string of the molecule is CN(Cc1ccccc1)C(=O)CN1CCN(c2cnn(-c3ccccc3)c(=O)c2Cl)CC1. The summed E-state index contributed by atoms with van der Waals surface area (Å²) in [6.07, 6.45) is 1.64. The van der Waals surface area contributed by atoms with Gasteiger partial charge in [0.05, 0.1) is 24.1 Å². The minimum atomic E-state index is -0.337. The first-order valence-corrected chi connectivity index (χ1v) is 11.0. The van der Waals surface area contributed by atoms with Crippen molar-refractivity contribution in [2.45, 2.75) is 6.54 Å². The number of aromatic nitrogens is 2. The number of likely N-dealkylation sites (N-methyl/N-ethyl adjacent to an activating group) is 1. The van der Waals surface area contributed by atoms with Gasteiger partial charge in [-0.2, -0.15) is 9.78 Å². The molecule has 1 fully saturated rings. The fourth-order valence-electron chi connectivity index (χ4n) is 3.80. The van der Waals surface area contributed by atoms with E-state index in [4.69, 9.17) is 11.6 Å². The summed E-state index contributed by atoms with van der Waals surface area (Å²) in [5.41, 5.74) is 2.08. The van der Waals surface area contributed by atoms with E-state index < -0.39 is 0 Å². The summed E-state index contributed by atoms with van der Waals surface area (Å²) < 4.78 is 1.31. The summed E-state index contributed by atoms with van der Waals surface area (Å²) in [4.78, 5) is 31.3. The molecule has 0 aliphatic carbocycles. The van der Waals surface area contributed by atoms with Gasteiger partial charge in [0.15, 0.2) is 0 Å². The van der Waals surface area contributed by atoms with Crippen LogP contribution in [0.2, 0.25) is 5.02 Å². The number of carbonyl (C=O) groups is 1. The van der Waals surface area contributed by atoms with Gasteiger partial charge in [-0.15, -0.1) is 0 Å². The number of benzene rings is 2. The van der Waals surface area contributed by atoms with Gasteiger partial charge in [0.1, 0.15) is 5.02 Å². The summed E-state index contributed by atoms with van der Waals surface area (Å²) in [6.45, 7) is 3.74. The molecule has 0 atom stereocenters. The van der Waals surface area contributed by atoms with Crippen molar-refractivity contribution >= 4 is 23.2 Å². The van der Waals surface area contributed by atoms with Crippen LogP contribution in [0.1, 0.15) is 5.56 Å². The number of nitrogens with zero attached hydrogens (tertiary/aromatic N) is 5. The number of carbonyl (C=O) groups excluding carboxylic acids is 1. The van der Waals surface area contributed by atoms with E-state index in [1.54, 1.807) is 11.1 Å². The Morgan fingerprint density at radius 2 is 1.62 bits per heavy atom. The Balaban J connectivity index is 1.35. The smallest absolute Gasteiger partial charge is 0.292 e. The predicted octanol–water partition coefficient (Wildman–Crippen LogP) is 2.67. The lowest BCUT2D eigenvalue weighted by Crippen LogP contribution is -2.50. The largest absolute Gasteiger partial charge is 0.366 e. The van der Waals surface area contributed by atoms with E-state index in [1.165, 1.54) is 4.68 Å². The van der Waals surface area contributed by atoms with Gasteiger partial charge in [-0.1, -0.05) is 60.1 Å². The standard InChI is InChI=1S/C24H26ClN5O2/c1-27(17-19-8-4-2-5-9-19)22(31)18-28-12-14-29(15-13-28)21-16-26-30(24(32)23(21)25)20-10-6-3-7-11-20/h2-11,16H,12-15,17-18H2,1H3. The van der Waals surface area contributed by atoms with E-state index >= 15 is 0 Å². The number of rotatable bonds is 6. The fourth-order valence-corrected chi connectivity index (χ4v) is 4.05. The molecule has 1 aromatic heterocycles. The number of anilines is 1. The van der Waals surface area contributed by atoms with E-state index in [0.29, 0.717) is 50.6 Å². The van der Waals surface area contributed by atoms with Crippen molar-refractivity contribution in [3.8, 4) is 5.69 Å². The van der Waals surface area contributed by atoms with Crippen molar-refractivity contribution in [1.29, 1.82) is 0 Å². The van der Waals surface area contributed by atoms with E-state index in [-0.39, 0.29) is 16.5 Å². The van der Waals surface area contributed by atoms with Crippen LogP contribution in [0.15, 0.2) is 71.7 Å². The molecule has 166 valence electrons. The molecule has 0 spiro atoms. The Labute approximate surface area is 192 Å². The molecule has 1 amide bonds. The zero-order valence-corrected chi connectivity index (χ0v) is 18.8. The maximum Gasteiger partial charge on any atom is 0.292 e. The van der Waals surface area contributed by atoms with Crippen molar-refractivity contribution in [1.82, 2.24) is 19.6 Å². The third-order valence-corrected chi connectivity index (χ3v) is 6.02. The highest BCUT2D eigenvalue weighted by atomic mass is 35.5. The molecular weight excluding hydrogens is 426 g/mol. The van der Waals surface area contributed by atoms with Crippen LogP contribution in [0.4, 0.5) is 5.69 Å². The first-order valence-electron chi connectivity index (χ1n) is 10.6. The number of piperazine rings is 1. The third kappa shape index (κ3) is 5.00. The molecule has 0 saturated carbocycles. The lowest BCUT2D eigenvalue weighted by molar-refractivity contribution is -0.131. The summed E-state index contributed by atoms with van der Waals surface area (Å²) in [5, 5.41) is 4.48. The van der Waals surface area contributed by atoms with Crippen LogP contribution in [0, 0.1) is 0 Å². The lowest BCUT2D eigenvalue weighted by Gasteiger charge is -2.36. The molecule has 8 heteroatoms. The maximum absolute atomic E-state index is 12.7. The van der Waals surface area contributed by atoms with Gasteiger partial charge in [0.25, 0.3) is 5.56 Å². The summed E-state index contributed by atoms with van der Waals surface area (Å²) in [7, 11) is 1.83. The Bertz CT molecular complexity index is 1110. The second-order valence-corrected chi connectivity index (χ2v) is 8.27. The minimum absolute atomic E-state index is 0.0902. The van der Waals surface area contributed by atoms with Gasteiger partial charge in [0, 0.05) is 39.8 Å². The van der Waals surface area contributed by atoms with Crippen molar-refractivity contribution in [2.75, 3.05) is 44.7 Å². The highest BCUT2D eigenvalue weighted by molar-refractivity contribution is 6.33. The zero-order chi connectivity index (χ0) is 22.5. The van der Waals surface area contributed by atoms with Crippen LogP contribution in [-0.4, -0.2) is 65.3 Å². The summed E-state index contributed by atoms with van der Waals surface area (Å²) in [5.74, 6) is 0.0902. The quantitative estimate of drug-likeness (QED) is 0.576. The number of para-hydroxylation sites is 1. The second kappa shape index (κ2) is 9.97. The van der Waals surface area contributed by atoms with Gasteiger partial charge in [-0.25, -0.2) is 0 Å². The molecule has 1 saturated heterocycles. The van der Waals surface area contributed by atoms with Crippen molar-refractivity contribution in [2.24, 2.45) is 0 Å². The Morgan fingerprint density at radius 3 is 2.28 bits per heavy atom. The number of amides is 1. The van der Waals surface area contributed by atoms with E-state index in [2.05, 4.69) is 14.9 Å². The average Bonchev–Trinajstić information content (AvgIpc) is 2.82. The maximum atomic E-state index is 12.7. The van der Waals surface area contributed by atoms with Gasteiger partial charge in [-0.3, -0.25) is 14.5 Å². The van der Waals surface area contributed by atoms with Gasteiger partial charge in [-0.05, 0) is 17.7 Å². The predicted molar refractivity (Wildman–Crippen MR) is 126 cm³/mol. The monoisotopic (exact) mass is 451 g/mol. The Kier molecular flexibility index (Phi) is 6.87. The number of halogens is 1. The normalized spacial score (nSPS) is 14.4. The number of hydrogen-bond acceptors (Lipinski definition) is 5. The molecular formula is C24H26ClN5O2. The Hall–Kier alpha value is -3.16. The molecule has 0 unspecified atom stereocenters. The highest BCUT2D eigenvalue weighted by Gasteiger charge is 2.23. The van der Waals surface area contributed by atoms with Crippen LogP contribution in [0.5, 0.6) is 0 Å². The van der Waals surface area contributed by atoms with E-state index in [0.717, 1.165) is 5.56 Å². The van der Waals surface area contributed by atoms with Crippen molar-refractivity contribution in [3.05, 3.63) is 87.8 Å². The van der Waals surface area contributed by atoms with Gasteiger partial charge in [0.2, 0.25) is 5.91 Å². The van der Waals surface area contributed by atoms with Gasteiger partial charge < -0.3 is 9.80 Å². The average molecular weight is 452 g/mol. The van der Waals surface area contributed by atoms with Gasteiger partial charge >= 0.3 is 0 Å². The van der Waals surface area contributed by atoms with Crippen LogP contribution in [-0.2, 0) is 11.3 Å². The first-order chi connectivity index (χ1) is 15.5. The topological polar surface area (TPSA) is 61.7 Å². The first kappa shape index (κ1) is 22.0. The molecule has 2 aromatic carbocycles. The molecule has 0 radical (unpaired) electrons. The molecule has 1 aliphatic heterocycles. The van der Waals surface area contributed by atoms with Crippen molar-refractivity contribution < 1.29 is 4.79 Å². The molecule has 0 bridgehead atoms.